The average molecular weight is 340 g/mol. The third-order valence-electron chi connectivity index (χ3n) is 3.49. The molecule has 1 unspecified atom stereocenters. The van der Waals surface area contributed by atoms with E-state index in [-0.39, 0.29) is 11.2 Å². The molecule has 0 fully saturated rings. The van der Waals surface area contributed by atoms with Crippen molar-refractivity contribution in [1.29, 1.82) is 0 Å². The number of nitrogens with two attached hydrogens (primary N) is 1. The van der Waals surface area contributed by atoms with Crippen LogP contribution < -0.4 is 11.1 Å². The second-order valence-corrected chi connectivity index (χ2v) is 6.54. The molecule has 0 saturated carbocycles. The number of fused-ring (bicyclic) bond motifs is 1. The van der Waals surface area contributed by atoms with Crippen molar-refractivity contribution in [2.75, 3.05) is 5.32 Å². The maximum atomic E-state index is 12.3. The first-order valence-electron chi connectivity index (χ1n) is 7.34. The molecule has 0 aliphatic heterocycles. The van der Waals surface area contributed by atoms with E-state index in [2.05, 4.69) is 10.3 Å². The number of rotatable bonds is 5. The fraction of sp³-hybridized carbons (Fsp3) is 0.118. The van der Waals surface area contributed by atoms with Gasteiger partial charge in [-0.15, -0.1) is 0 Å². The average Bonchev–Trinajstić information content (AvgIpc) is 2.98. The summed E-state index contributed by atoms with van der Waals surface area (Å²) in [5.74, 6) is -0.637. The van der Waals surface area contributed by atoms with Gasteiger partial charge in [-0.3, -0.25) is 14.0 Å². The van der Waals surface area contributed by atoms with Crippen LogP contribution in [-0.4, -0.2) is 26.4 Å². The van der Waals surface area contributed by atoms with E-state index in [1.54, 1.807) is 30.5 Å². The summed E-state index contributed by atoms with van der Waals surface area (Å²) in [4.78, 5) is 27.7. The van der Waals surface area contributed by atoms with E-state index in [4.69, 9.17) is 5.73 Å². The van der Waals surface area contributed by atoms with Gasteiger partial charge in [0.2, 0.25) is 11.8 Å². The minimum Gasteiger partial charge on any atom is -0.366 e. The lowest BCUT2D eigenvalue weighted by Crippen LogP contribution is -2.22. The molecule has 0 bridgehead atoms. The molecule has 0 saturated heterocycles. The molecule has 1 atom stereocenters. The Hall–Kier alpha value is -2.80. The maximum absolute atomic E-state index is 12.3. The summed E-state index contributed by atoms with van der Waals surface area (Å²) in [7, 11) is 0. The smallest absolute Gasteiger partial charge is 0.248 e. The van der Waals surface area contributed by atoms with Crippen molar-refractivity contribution in [3.8, 4) is 0 Å². The number of nitrogens with one attached hydrogen (secondary N) is 1. The number of nitrogens with zero attached hydrogens (tertiary/aromatic N) is 2. The van der Waals surface area contributed by atoms with Crippen molar-refractivity contribution in [3.05, 3.63) is 60.4 Å². The van der Waals surface area contributed by atoms with Crippen LogP contribution in [0.2, 0.25) is 0 Å². The van der Waals surface area contributed by atoms with Crippen LogP contribution in [0.15, 0.2) is 60.0 Å². The molecule has 2 amide bonds. The van der Waals surface area contributed by atoms with Crippen LogP contribution in [0.5, 0.6) is 0 Å². The summed E-state index contributed by atoms with van der Waals surface area (Å²) < 4.78 is 1.94. The Bertz CT molecular complexity index is 889. The Morgan fingerprint density at radius 1 is 1.21 bits per heavy atom. The topological polar surface area (TPSA) is 89.5 Å². The number of hydrogen-bond acceptors (Lipinski definition) is 4. The predicted octanol–water partition coefficient (Wildman–Crippen LogP) is 2.55. The standard InChI is InChI=1S/C17H16N4O2S/c1-11(24-17-19-10-14-4-2-3-9-21(14)17)16(23)20-13-7-5-12(6-8-13)15(18)22/h2-11H,1H3,(H2,18,22)(H,20,23). The summed E-state index contributed by atoms with van der Waals surface area (Å²) in [5.41, 5.74) is 7.19. The Balaban J connectivity index is 1.67. The highest BCUT2D eigenvalue weighted by atomic mass is 32.2. The van der Waals surface area contributed by atoms with Gasteiger partial charge in [-0.2, -0.15) is 0 Å². The lowest BCUT2D eigenvalue weighted by molar-refractivity contribution is -0.115. The van der Waals surface area contributed by atoms with E-state index in [9.17, 15) is 9.59 Å². The summed E-state index contributed by atoms with van der Waals surface area (Å²) in [5, 5.41) is 3.25. The Morgan fingerprint density at radius 3 is 2.67 bits per heavy atom. The molecule has 122 valence electrons. The fourth-order valence-electron chi connectivity index (χ4n) is 2.18. The molecule has 0 radical (unpaired) electrons. The molecular weight excluding hydrogens is 324 g/mol. The predicted molar refractivity (Wildman–Crippen MR) is 94.1 cm³/mol. The molecule has 0 spiro atoms. The number of anilines is 1. The van der Waals surface area contributed by atoms with Gasteiger partial charge < -0.3 is 11.1 Å². The zero-order valence-corrected chi connectivity index (χ0v) is 13.8. The van der Waals surface area contributed by atoms with Gasteiger partial charge in [0, 0.05) is 17.4 Å². The van der Waals surface area contributed by atoms with Crippen LogP contribution in [0.4, 0.5) is 5.69 Å². The van der Waals surface area contributed by atoms with Crippen molar-refractivity contribution >= 4 is 34.8 Å². The van der Waals surface area contributed by atoms with Crippen LogP contribution in [0.1, 0.15) is 17.3 Å². The minimum atomic E-state index is -0.497. The largest absolute Gasteiger partial charge is 0.366 e. The number of thioether (sulfide) groups is 1. The zero-order valence-electron chi connectivity index (χ0n) is 13.0. The minimum absolute atomic E-state index is 0.139. The van der Waals surface area contributed by atoms with Gasteiger partial charge in [0.1, 0.15) is 0 Å². The van der Waals surface area contributed by atoms with Crippen molar-refractivity contribution in [1.82, 2.24) is 9.38 Å². The van der Waals surface area contributed by atoms with Crippen LogP contribution in [0.3, 0.4) is 0 Å². The molecule has 3 aromatic rings. The molecule has 3 N–H and O–H groups in total. The van der Waals surface area contributed by atoms with E-state index in [0.717, 1.165) is 10.7 Å². The maximum Gasteiger partial charge on any atom is 0.248 e. The van der Waals surface area contributed by atoms with Gasteiger partial charge in [-0.05, 0) is 43.3 Å². The Morgan fingerprint density at radius 2 is 1.96 bits per heavy atom. The molecule has 1 aromatic carbocycles. The van der Waals surface area contributed by atoms with Crippen LogP contribution >= 0.6 is 11.8 Å². The van der Waals surface area contributed by atoms with E-state index >= 15 is 0 Å². The first-order chi connectivity index (χ1) is 11.5. The van der Waals surface area contributed by atoms with Crippen molar-refractivity contribution in [2.45, 2.75) is 17.3 Å². The summed E-state index contributed by atoms with van der Waals surface area (Å²) in [6.07, 6.45) is 3.69. The first kappa shape index (κ1) is 16.1. The van der Waals surface area contributed by atoms with Gasteiger partial charge in [0.15, 0.2) is 5.16 Å². The number of hydrogen-bond donors (Lipinski definition) is 2. The number of amides is 2. The monoisotopic (exact) mass is 340 g/mol. The van der Waals surface area contributed by atoms with Gasteiger partial charge >= 0.3 is 0 Å². The lowest BCUT2D eigenvalue weighted by Gasteiger charge is -2.11. The molecule has 3 rings (SSSR count). The number of aromatic nitrogens is 2. The molecule has 7 heteroatoms. The van der Waals surface area contributed by atoms with E-state index in [0.29, 0.717) is 11.3 Å². The van der Waals surface area contributed by atoms with E-state index in [1.165, 1.54) is 11.8 Å². The second kappa shape index (κ2) is 6.76. The van der Waals surface area contributed by atoms with Crippen LogP contribution in [0, 0.1) is 0 Å². The molecule has 0 aliphatic rings. The zero-order chi connectivity index (χ0) is 17.1. The van der Waals surface area contributed by atoms with Crippen molar-refractivity contribution in [3.63, 3.8) is 0 Å². The fourth-order valence-corrected chi connectivity index (χ4v) is 3.06. The van der Waals surface area contributed by atoms with Gasteiger partial charge in [0.25, 0.3) is 0 Å². The van der Waals surface area contributed by atoms with Crippen LogP contribution in [-0.2, 0) is 4.79 Å². The summed E-state index contributed by atoms with van der Waals surface area (Å²) >= 11 is 1.38. The molecule has 24 heavy (non-hydrogen) atoms. The van der Waals surface area contributed by atoms with Crippen molar-refractivity contribution < 1.29 is 9.59 Å². The number of carbonyl (C=O) groups excluding carboxylic acids is 2. The number of pyridine rings is 1. The third kappa shape index (κ3) is 3.41. The summed E-state index contributed by atoms with van der Waals surface area (Å²) in [6.45, 7) is 1.82. The number of benzene rings is 1. The van der Waals surface area contributed by atoms with E-state index in [1.807, 2.05) is 35.7 Å². The van der Waals surface area contributed by atoms with Crippen molar-refractivity contribution in [2.24, 2.45) is 5.73 Å². The first-order valence-corrected chi connectivity index (χ1v) is 8.22. The highest BCUT2D eigenvalue weighted by Crippen LogP contribution is 2.24. The number of primary amides is 1. The van der Waals surface area contributed by atoms with Gasteiger partial charge in [-0.1, -0.05) is 17.8 Å². The lowest BCUT2D eigenvalue weighted by atomic mass is 10.2. The molecule has 6 nitrogen and oxygen atoms in total. The molecule has 2 aromatic heterocycles. The highest BCUT2D eigenvalue weighted by Gasteiger charge is 2.17. The number of imidazole rings is 1. The SMILES string of the molecule is CC(Sc1ncc2ccccn12)C(=O)Nc1ccc(C(N)=O)cc1. The summed E-state index contributed by atoms with van der Waals surface area (Å²) in [6, 6.07) is 12.3. The third-order valence-corrected chi connectivity index (χ3v) is 4.57. The Labute approximate surface area is 143 Å². The van der Waals surface area contributed by atoms with Crippen LogP contribution in [0.25, 0.3) is 5.52 Å². The molecule has 2 heterocycles. The Kier molecular flexibility index (Phi) is 4.52. The second-order valence-electron chi connectivity index (χ2n) is 5.23. The van der Waals surface area contributed by atoms with Gasteiger partial charge in [-0.25, -0.2) is 4.98 Å². The van der Waals surface area contributed by atoms with Gasteiger partial charge in [0.05, 0.1) is 17.0 Å². The molecule has 0 aliphatic carbocycles. The van der Waals surface area contributed by atoms with E-state index < -0.39 is 5.91 Å². The molecular formula is C17H16N4O2S. The normalized spacial score (nSPS) is 12.0. The quantitative estimate of drug-likeness (QED) is 0.699. The number of carbonyl (C=O) groups is 2. The highest BCUT2D eigenvalue weighted by molar-refractivity contribution is 8.00.